The topological polar surface area (TPSA) is 124 Å². The van der Waals surface area contributed by atoms with Gasteiger partial charge in [0.1, 0.15) is 5.75 Å². The lowest BCUT2D eigenvalue weighted by Crippen LogP contribution is -2.49. The molecule has 3 amide bonds. The van der Waals surface area contributed by atoms with Crippen LogP contribution in [0.4, 0.5) is 10.5 Å². The molecule has 0 aliphatic carbocycles. The lowest BCUT2D eigenvalue weighted by atomic mass is 10.2. The number of urea groups is 1. The molecule has 1 aromatic carbocycles. The van der Waals surface area contributed by atoms with Gasteiger partial charge in [-0.1, -0.05) is 37.0 Å². The molecule has 0 spiro atoms. The Hall–Kier alpha value is -3.37. The van der Waals surface area contributed by atoms with Crippen molar-refractivity contribution in [3.8, 4) is 5.75 Å². The third-order valence-corrected chi connectivity index (χ3v) is 5.62. The van der Waals surface area contributed by atoms with Crippen LogP contribution in [0, 0.1) is 5.92 Å². The Morgan fingerprint density at radius 1 is 1.25 bits per heavy atom. The molecular formula is C24H29Cl2N5O5. The predicted octanol–water partition coefficient (Wildman–Crippen LogP) is 4.57. The molecule has 0 fully saturated rings. The number of halogens is 2. The first-order valence-electron chi connectivity index (χ1n) is 11.2. The van der Waals surface area contributed by atoms with Crippen LogP contribution >= 0.6 is 23.2 Å². The molecule has 2 unspecified atom stereocenters. The number of aliphatic imine (C=N–C) groups is 1. The summed E-state index contributed by atoms with van der Waals surface area (Å²) in [5.74, 6) is -1.50. The van der Waals surface area contributed by atoms with Crippen LogP contribution in [0.2, 0.25) is 10.0 Å². The van der Waals surface area contributed by atoms with Crippen LogP contribution in [0.15, 0.2) is 41.5 Å². The van der Waals surface area contributed by atoms with Crippen LogP contribution in [-0.4, -0.2) is 64.0 Å². The average molecular weight is 538 g/mol. The van der Waals surface area contributed by atoms with Crippen LogP contribution in [0.25, 0.3) is 0 Å². The van der Waals surface area contributed by atoms with Crippen molar-refractivity contribution in [2.45, 2.75) is 39.8 Å². The third-order valence-electron chi connectivity index (χ3n) is 5.10. The molecule has 0 aliphatic heterocycles. The highest BCUT2D eigenvalue weighted by Crippen LogP contribution is 2.30. The Kier molecular flexibility index (Phi) is 10.9. The number of rotatable bonds is 10. The number of imide groups is 1. The number of hydrogen-bond acceptors (Lipinski definition) is 6. The number of carboxylic acids is 1. The second-order valence-electron chi connectivity index (χ2n) is 8.14. The molecule has 12 heteroatoms. The molecule has 2 rings (SSSR count). The van der Waals surface area contributed by atoms with Crippen LogP contribution < -0.4 is 10.1 Å². The fourth-order valence-electron chi connectivity index (χ4n) is 2.82. The zero-order valence-corrected chi connectivity index (χ0v) is 22.0. The summed E-state index contributed by atoms with van der Waals surface area (Å²) < 4.78 is 5.78. The van der Waals surface area contributed by atoms with Gasteiger partial charge in [0.2, 0.25) is 12.4 Å². The highest BCUT2D eigenvalue weighted by Gasteiger charge is 2.22. The number of nitrogens with zero attached hydrogens (tertiary/aromatic N) is 4. The van der Waals surface area contributed by atoms with Crippen molar-refractivity contribution in [2.24, 2.45) is 10.9 Å². The third kappa shape index (κ3) is 8.69. The largest absolute Gasteiger partial charge is 0.489 e. The molecule has 36 heavy (non-hydrogen) atoms. The Bertz CT molecular complexity index is 1100. The molecule has 0 aliphatic rings. The fraction of sp³-hybridized carbons (Fsp3) is 0.375. The maximum absolute atomic E-state index is 12.8. The van der Waals surface area contributed by atoms with Gasteiger partial charge in [-0.05, 0) is 43.7 Å². The number of carboxylic acid groups (broad SMARTS) is 1. The molecule has 10 nitrogen and oxygen atoms in total. The summed E-state index contributed by atoms with van der Waals surface area (Å²) in [6.07, 6.45) is 2.55. The molecule has 0 saturated heterocycles. The number of benzene rings is 1. The number of amides is 3. The van der Waals surface area contributed by atoms with Crippen molar-refractivity contribution in [3.05, 3.63) is 52.3 Å². The average Bonchev–Trinajstić information content (AvgIpc) is 2.84. The second-order valence-corrected chi connectivity index (χ2v) is 8.98. The smallest absolute Gasteiger partial charge is 0.330 e. The first-order chi connectivity index (χ1) is 17.0. The van der Waals surface area contributed by atoms with E-state index in [1.54, 1.807) is 42.3 Å². The summed E-state index contributed by atoms with van der Waals surface area (Å²) in [6.45, 7) is 5.25. The van der Waals surface area contributed by atoms with Crippen LogP contribution in [0.3, 0.4) is 0 Å². The SMILES string of the molecule is CCC(C)Oc1ccc(N=C(NC(=O)N(C=O)CC(C)C(=O)O)N(C)Cc2ccc(Cl)cn2)cc1Cl. The van der Waals surface area contributed by atoms with Gasteiger partial charge in [-0.15, -0.1) is 0 Å². The number of ether oxygens (including phenoxy) is 1. The highest BCUT2D eigenvalue weighted by molar-refractivity contribution is 6.32. The molecule has 0 radical (unpaired) electrons. The number of hydrogen-bond donors (Lipinski definition) is 2. The number of aromatic nitrogens is 1. The highest BCUT2D eigenvalue weighted by atomic mass is 35.5. The summed E-state index contributed by atoms with van der Waals surface area (Å²) in [4.78, 5) is 46.6. The zero-order valence-electron chi connectivity index (χ0n) is 20.4. The number of guanidine groups is 1. The van der Waals surface area contributed by atoms with E-state index in [1.165, 1.54) is 13.1 Å². The van der Waals surface area contributed by atoms with Crippen LogP contribution in [-0.2, 0) is 16.1 Å². The lowest BCUT2D eigenvalue weighted by molar-refractivity contribution is -0.141. The van der Waals surface area contributed by atoms with E-state index in [9.17, 15) is 14.4 Å². The standard InChI is InChI=1S/C24H29Cl2N5O5/c1-5-16(3)36-21-9-8-18(10-20(21)26)28-23(30(4)13-19-7-6-17(25)11-27-19)29-24(35)31(14-32)12-15(2)22(33)34/h6-11,14-16H,5,12-13H2,1-4H3,(H,33,34)(H,28,29,35). The van der Waals surface area contributed by atoms with E-state index >= 15 is 0 Å². The Morgan fingerprint density at radius 2 is 1.97 bits per heavy atom. The minimum absolute atomic E-state index is 0.0211. The zero-order chi connectivity index (χ0) is 26.8. The lowest BCUT2D eigenvalue weighted by Gasteiger charge is -2.24. The summed E-state index contributed by atoms with van der Waals surface area (Å²) in [5.41, 5.74) is 1.06. The van der Waals surface area contributed by atoms with E-state index in [4.69, 9.17) is 33.0 Å². The van der Waals surface area contributed by atoms with E-state index < -0.39 is 17.9 Å². The van der Waals surface area contributed by atoms with Gasteiger partial charge in [-0.3, -0.25) is 24.8 Å². The molecule has 0 saturated carbocycles. The first kappa shape index (κ1) is 28.9. The summed E-state index contributed by atoms with van der Waals surface area (Å²) >= 11 is 12.3. The minimum Gasteiger partial charge on any atom is -0.489 e. The molecular weight excluding hydrogens is 509 g/mol. The van der Waals surface area contributed by atoms with E-state index in [2.05, 4.69) is 15.3 Å². The normalized spacial score (nSPS) is 12.9. The van der Waals surface area contributed by atoms with Gasteiger partial charge in [0.25, 0.3) is 0 Å². The summed E-state index contributed by atoms with van der Waals surface area (Å²) in [5, 5.41) is 12.5. The number of pyridine rings is 1. The number of carbonyl (C=O) groups excluding carboxylic acids is 2. The monoisotopic (exact) mass is 537 g/mol. The molecule has 194 valence electrons. The Morgan fingerprint density at radius 3 is 2.53 bits per heavy atom. The van der Waals surface area contributed by atoms with Gasteiger partial charge < -0.3 is 14.7 Å². The number of nitrogens with one attached hydrogen (secondary N) is 1. The van der Waals surface area contributed by atoms with Crippen molar-refractivity contribution in [1.29, 1.82) is 0 Å². The Balaban J connectivity index is 2.34. The molecule has 2 atom stereocenters. The maximum Gasteiger partial charge on any atom is 0.330 e. The van der Waals surface area contributed by atoms with Gasteiger partial charge in [0.05, 0.1) is 40.0 Å². The van der Waals surface area contributed by atoms with Crippen molar-refractivity contribution >= 4 is 53.3 Å². The number of carbonyl (C=O) groups is 3. The van der Waals surface area contributed by atoms with E-state index in [1.807, 2.05) is 13.8 Å². The van der Waals surface area contributed by atoms with Gasteiger partial charge in [-0.2, -0.15) is 0 Å². The molecule has 0 bridgehead atoms. The second kappa shape index (κ2) is 13.6. The molecule has 2 N–H and O–H groups in total. The van der Waals surface area contributed by atoms with Crippen molar-refractivity contribution in [3.63, 3.8) is 0 Å². The molecule has 2 aromatic rings. The van der Waals surface area contributed by atoms with Crippen LogP contribution in [0.1, 0.15) is 32.9 Å². The summed E-state index contributed by atoms with van der Waals surface area (Å²) in [7, 11) is 1.67. The molecule has 1 aromatic heterocycles. The minimum atomic E-state index is -1.14. The van der Waals surface area contributed by atoms with Crippen molar-refractivity contribution < 1.29 is 24.2 Å². The maximum atomic E-state index is 12.8. The quantitative estimate of drug-likeness (QED) is 0.258. The van der Waals surface area contributed by atoms with Gasteiger partial charge in [-0.25, -0.2) is 9.79 Å². The van der Waals surface area contributed by atoms with E-state index in [0.717, 1.165) is 11.3 Å². The van der Waals surface area contributed by atoms with Crippen LogP contribution in [0.5, 0.6) is 5.75 Å². The summed E-state index contributed by atoms with van der Waals surface area (Å²) in [6, 6.07) is 7.51. The first-order valence-corrected chi connectivity index (χ1v) is 11.9. The van der Waals surface area contributed by atoms with Crippen molar-refractivity contribution in [1.82, 2.24) is 20.1 Å². The van der Waals surface area contributed by atoms with Crippen molar-refractivity contribution in [2.75, 3.05) is 13.6 Å². The van der Waals surface area contributed by atoms with E-state index in [0.29, 0.717) is 27.2 Å². The van der Waals surface area contributed by atoms with Gasteiger partial charge in [0, 0.05) is 19.8 Å². The number of aliphatic carboxylic acids is 1. The van der Waals surface area contributed by atoms with E-state index in [-0.39, 0.29) is 31.6 Å². The molecule has 1 heterocycles. The predicted molar refractivity (Wildman–Crippen MR) is 138 cm³/mol. The van der Waals surface area contributed by atoms with Gasteiger partial charge >= 0.3 is 12.0 Å². The van der Waals surface area contributed by atoms with Gasteiger partial charge in [0.15, 0.2) is 0 Å². The Labute approximate surface area is 219 Å². The fourth-order valence-corrected chi connectivity index (χ4v) is 3.15.